The summed E-state index contributed by atoms with van der Waals surface area (Å²) in [7, 11) is 1.52. The fourth-order valence-electron chi connectivity index (χ4n) is 0.369. The van der Waals surface area contributed by atoms with Crippen LogP contribution in [0.4, 0.5) is 0 Å². The minimum absolute atomic E-state index is 0.339. The summed E-state index contributed by atoms with van der Waals surface area (Å²) in [6.45, 7) is 2.57. The van der Waals surface area contributed by atoms with Crippen molar-refractivity contribution in [3.63, 3.8) is 0 Å². The molecule has 0 aromatic heterocycles. The summed E-state index contributed by atoms with van der Waals surface area (Å²) in [5, 5.41) is 11.5. The van der Waals surface area contributed by atoms with E-state index in [0.717, 1.165) is 11.5 Å². The molecule has 0 amide bonds. The lowest BCUT2D eigenvalue weighted by atomic mass is 10.3. The molecule has 0 N–H and O–H groups in total. The number of rotatable bonds is 3. The molecule has 8 heavy (non-hydrogen) atoms. The Hall–Kier alpha value is 0.270. The lowest BCUT2D eigenvalue weighted by molar-refractivity contribution is 0.447. The standard InChI is InChI=1S/C5H12NOS/c1-5(8)3-4-6(2)7/h5,8H,3-4H2,1-2H3/q-1. The van der Waals surface area contributed by atoms with Gasteiger partial charge >= 0.3 is 0 Å². The number of thiol groups is 1. The fourth-order valence-corrected chi connectivity index (χ4v) is 0.484. The first kappa shape index (κ1) is 8.27. The van der Waals surface area contributed by atoms with Gasteiger partial charge in [-0.1, -0.05) is 6.92 Å². The van der Waals surface area contributed by atoms with Crippen molar-refractivity contribution in [1.29, 1.82) is 0 Å². The van der Waals surface area contributed by atoms with Gasteiger partial charge in [-0.25, -0.2) is 0 Å². The molecule has 50 valence electrons. The number of nitrogens with zero attached hydrogens (tertiary/aromatic N) is 1. The van der Waals surface area contributed by atoms with E-state index in [-0.39, 0.29) is 0 Å². The molecule has 1 atom stereocenters. The van der Waals surface area contributed by atoms with Crippen LogP contribution in [0.3, 0.4) is 0 Å². The molecule has 0 saturated carbocycles. The lowest BCUT2D eigenvalue weighted by Gasteiger charge is -2.22. The zero-order chi connectivity index (χ0) is 6.57. The molecule has 0 aliphatic rings. The second-order valence-corrected chi connectivity index (χ2v) is 2.87. The topological polar surface area (TPSA) is 26.3 Å². The molecule has 0 aliphatic heterocycles. The maximum absolute atomic E-state index is 10.2. The third kappa shape index (κ3) is 6.27. The first-order valence-corrected chi connectivity index (χ1v) is 3.21. The highest BCUT2D eigenvalue weighted by Gasteiger charge is 1.91. The summed E-state index contributed by atoms with van der Waals surface area (Å²) >= 11 is 4.11. The predicted octanol–water partition coefficient (Wildman–Crippen LogP) is 1.12. The van der Waals surface area contributed by atoms with Crippen LogP contribution in [0.5, 0.6) is 0 Å². The van der Waals surface area contributed by atoms with Crippen LogP contribution in [0.15, 0.2) is 0 Å². The normalized spacial score (nSPS) is 14.6. The zero-order valence-electron chi connectivity index (χ0n) is 5.29. The van der Waals surface area contributed by atoms with Gasteiger partial charge in [-0.15, -0.1) is 0 Å². The van der Waals surface area contributed by atoms with E-state index in [1.165, 1.54) is 7.05 Å². The van der Waals surface area contributed by atoms with E-state index in [4.69, 9.17) is 0 Å². The van der Waals surface area contributed by atoms with Crippen LogP contribution in [-0.4, -0.2) is 23.9 Å². The molecule has 0 aliphatic carbocycles. The predicted molar refractivity (Wildman–Crippen MR) is 39.1 cm³/mol. The SMILES string of the molecule is CC(S)CCN(C)[O-]. The van der Waals surface area contributed by atoms with E-state index in [0.29, 0.717) is 11.8 Å². The molecule has 0 rings (SSSR count). The molecule has 0 bridgehead atoms. The van der Waals surface area contributed by atoms with Gasteiger partial charge < -0.3 is 10.3 Å². The Labute approximate surface area is 55.9 Å². The van der Waals surface area contributed by atoms with Crippen LogP contribution in [0.1, 0.15) is 13.3 Å². The van der Waals surface area contributed by atoms with Crippen LogP contribution in [0.2, 0.25) is 0 Å². The van der Waals surface area contributed by atoms with Crippen LogP contribution in [-0.2, 0) is 0 Å². The molecule has 1 unspecified atom stereocenters. The third-order valence-corrected chi connectivity index (χ3v) is 1.12. The summed E-state index contributed by atoms with van der Waals surface area (Å²) < 4.78 is 0. The summed E-state index contributed by atoms with van der Waals surface area (Å²) in [5.41, 5.74) is 0. The Morgan fingerprint density at radius 3 is 2.38 bits per heavy atom. The number of hydroxylamine groups is 2. The van der Waals surface area contributed by atoms with Gasteiger partial charge in [0.25, 0.3) is 0 Å². The van der Waals surface area contributed by atoms with Crippen LogP contribution in [0.25, 0.3) is 0 Å². The van der Waals surface area contributed by atoms with Crippen molar-refractivity contribution in [3.8, 4) is 0 Å². The van der Waals surface area contributed by atoms with Gasteiger partial charge in [-0.3, -0.25) is 0 Å². The zero-order valence-corrected chi connectivity index (χ0v) is 6.19. The Morgan fingerprint density at radius 2 is 2.25 bits per heavy atom. The van der Waals surface area contributed by atoms with Crippen molar-refractivity contribution in [3.05, 3.63) is 5.21 Å². The molecular formula is C5H12NOS-. The Balaban J connectivity index is 2.93. The van der Waals surface area contributed by atoms with E-state index in [2.05, 4.69) is 12.6 Å². The van der Waals surface area contributed by atoms with Crippen LogP contribution in [0, 0.1) is 5.21 Å². The molecule has 0 saturated heterocycles. The Morgan fingerprint density at radius 1 is 1.75 bits per heavy atom. The molecule has 0 aromatic rings. The van der Waals surface area contributed by atoms with Crippen molar-refractivity contribution in [1.82, 2.24) is 5.06 Å². The molecule has 0 heterocycles. The highest BCUT2D eigenvalue weighted by Crippen LogP contribution is 1.98. The first-order chi connectivity index (χ1) is 3.63. The van der Waals surface area contributed by atoms with E-state index in [9.17, 15) is 5.21 Å². The Kier molecular flexibility index (Phi) is 4.32. The second-order valence-electron chi connectivity index (χ2n) is 1.99. The molecule has 0 radical (unpaired) electrons. The molecule has 0 aromatic carbocycles. The average molecular weight is 134 g/mol. The quantitative estimate of drug-likeness (QED) is 0.462. The molecule has 2 nitrogen and oxygen atoms in total. The fraction of sp³-hybridized carbons (Fsp3) is 1.00. The second kappa shape index (κ2) is 4.18. The minimum Gasteiger partial charge on any atom is -0.785 e. The summed E-state index contributed by atoms with van der Waals surface area (Å²) in [6.07, 6.45) is 0.864. The molecule has 3 heteroatoms. The molecule has 0 spiro atoms. The largest absolute Gasteiger partial charge is 0.785 e. The smallest absolute Gasteiger partial charge is 0.0000242 e. The summed E-state index contributed by atoms with van der Waals surface area (Å²) in [6, 6.07) is 0. The maximum Gasteiger partial charge on any atom is 0.0000242 e. The van der Waals surface area contributed by atoms with Crippen LogP contribution >= 0.6 is 12.6 Å². The van der Waals surface area contributed by atoms with Gasteiger partial charge in [0.05, 0.1) is 0 Å². The van der Waals surface area contributed by atoms with Crippen molar-refractivity contribution < 1.29 is 0 Å². The van der Waals surface area contributed by atoms with E-state index in [1.807, 2.05) is 6.92 Å². The molecular weight excluding hydrogens is 122 g/mol. The number of hydrogen-bond acceptors (Lipinski definition) is 3. The van der Waals surface area contributed by atoms with E-state index in [1.54, 1.807) is 0 Å². The first-order valence-electron chi connectivity index (χ1n) is 2.69. The molecule has 0 fully saturated rings. The Bertz CT molecular complexity index is 48.4. The van der Waals surface area contributed by atoms with Crippen molar-refractivity contribution >= 4 is 12.6 Å². The monoisotopic (exact) mass is 134 g/mol. The van der Waals surface area contributed by atoms with Gasteiger partial charge in [0, 0.05) is 5.25 Å². The summed E-state index contributed by atoms with van der Waals surface area (Å²) in [5.74, 6) is 0. The average Bonchev–Trinajstić information content (AvgIpc) is 1.61. The van der Waals surface area contributed by atoms with E-state index >= 15 is 0 Å². The van der Waals surface area contributed by atoms with Gasteiger partial charge in [-0.05, 0) is 20.0 Å². The summed E-state index contributed by atoms with van der Waals surface area (Å²) in [4.78, 5) is 0. The van der Waals surface area contributed by atoms with Crippen molar-refractivity contribution in [2.45, 2.75) is 18.6 Å². The highest BCUT2D eigenvalue weighted by atomic mass is 32.1. The van der Waals surface area contributed by atoms with Gasteiger partial charge in [0.1, 0.15) is 0 Å². The van der Waals surface area contributed by atoms with Crippen LogP contribution < -0.4 is 0 Å². The highest BCUT2D eigenvalue weighted by molar-refractivity contribution is 7.80. The van der Waals surface area contributed by atoms with Gasteiger partial charge in [0.2, 0.25) is 0 Å². The minimum atomic E-state index is 0.339. The van der Waals surface area contributed by atoms with Crippen molar-refractivity contribution in [2.24, 2.45) is 0 Å². The maximum atomic E-state index is 10.2. The lowest BCUT2D eigenvalue weighted by Crippen LogP contribution is -2.13. The third-order valence-electron chi connectivity index (χ3n) is 0.862. The van der Waals surface area contributed by atoms with Gasteiger partial charge in [-0.2, -0.15) is 12.6 Å². The number of hydrogen-bond donors (Lipinski definition) is 1. The van der Waals surface area contributed by atoms with Crippen molar-refractivity contribution in [2.75, 3.05) is 13.6 Å². The van der Waals surface area contributed by atoms with Gasteiger partial charge in [0.15, 0.2) is 0 Å². The van der Waals surface area contributed by atoms with E-state index < -0.39 is 0 Å².